The van der Waals surface area contributed by atoms with Crippen LogP contribution < -0.4 is 0 Å². The standard InChI is InChI=1S/C18H23ClOS/c1-2-3-4-5-6-7-8-12-15(20)18-17(19)14-11-9-10-13-16(14)21-18/h9-11,13H,2-8,12H2,1H3. The fourth-order valence-corrected chi connectivity index (χ4v) is 4.05. The molecule has 0 fully saturated rings. The molecule has 0 radical (unpaired) electrons. The van der Waals surface area contributed by atoms with Gasteiger partial charge in [0.15, 0.2) is 5.78 Å². The van der Waals surface area contributed by atoms with E-state index >= 15 is 0 Å². The summed E-state index contributed by atoms with van der Waals surface area (Å²) >= 11 is 7.86. The number of benzene rings is 1. The second-order valence-corrected chi connectivity index (χ2v) is 6.97. The fourth-order valence-electron chi connectivity index (χ4n) is 2.55. The lowest BCUT2D eigenvalue weighted by Crippen LogP contribution is -1.96. The summed E-state index contributed by atoms with van der Waals surface area (Å²) in [6.07, 6.45) is 9.23. The van der Waals surface area contributed by atoms with E-state index in [2.05, 4.69) is 6.92 Å². The number of hydrogen-bond acceptors (Lipinski definition) is 2. The Kier molecular flexibility index (Phi) is 6.72. The van der Waals surface area contributed by atoms with Crippen LogP contribution in [0.15, 0.2) is 24.3 Å². The molecular weight excluding hydrogens is 300 g/mol. The highest BCUT2D eigenvalue weighted by molar-refractivity contribution is 7.21. The van der Waals surface area contributed by atoms with Crippen LogP contribution in [0, 0.1) is 0 Å². The highest BCUT2D eigenvalue weighted by Gasteiger charge is 2.16. The lowest BCUT2D eigenvalue weighted by atomic mass is 10.1. The van der Waals surface area contributed by atoms with Gasteiger partial charge in [-0.15, -0.1) is 11.3 Å². The minimum absolute atomic E-state index is 0.203. The molecule has 0 atom stereocenters. The predicted octanol–water partition coefficient (Wildman–Crippen LogP) is 6.88. The first-order valence-electron chi connectivity index (χ1n) is 7.94. The van der Waals surface area contributed by atoms with Crippen LogP contribution in [0.4, 0.5) is 0 Å². The molecule has 114 valence electrons. The number of unbranched alkanes of at least 4 members (excludes halogenated alkanes) is 6. The largest absolute Gasteiger partial charge is 0.293 e. The van der Waals surface area contributed by atoms with E-state index in [-0.39, 0.29) is 5.78 Å². The first-order valence-corrected chi connectivity index (χ1v) is 9.13. The molecule has 0 spiro atoms. The average Bonchev–Trinajstić information content (AvgIpc) is 2.84. The van der Waals surface area contributed by atoms with E-state index in [0.29, 0.717) is 11.4 Å². The monoisotopic (exact) mass is 322 g/mol. The van der Waals surface area contributed by atoms with Crippen molar-refractivity contribution in [3.63, 3.8) is 0 Å². The van der Waals surface area contributed by atoms with Gasteiger partial charge in [0, 0.05) is 16.5 Å². The van der Waals surface area contributed by atoms with E-state index in [1.54, 1.807) is 0 Å². The van der Waals surface area contributed by atoms with Crippen LogP contribution >= 0.6 is 22.9 Å². The lowest BCUT2D eigenvalue weighted by Gasteiger charge is -2.01. The summed E-state index contributed by atoms with van der Waals surface area (Å²) in [4.78, 5) is 13.0. The fraction of sp³-hybridized carbons (Fsp3) is 0.500. The third-order valence-electron chi connectivity index (χ3n) is 3.80. The number of ketones is 1. The van der Waals surface area contributed by atoms with Crippen molar-refractivity contribution in [3.8, 4) is 0 Å². The molecule has 3 heteroatoms. The summed E-state index contributed by atoms with van der Waals surface area (Å²) < 4.78 is 1.10. The molecule has 1 aromatic heterocycles. The number of fused-ring (bicyclic) bond motifs is 1. The molecule has 1 aromatic carbocycles. The molecule has 0 bridgehead atoms. The van der Waals surface area contributed by atoms with Gasteiger partial charge in [-0.1, -0.05) is 75.2 Å². The van der Waals surface area contributed by atoms with Crippen LogP contribution in [-0.4, -0.2) is 5.78 Å². The molecule has 0 N–H and O–H groups in total. The Labute approximate surface area is 136 Å². The average molecular weight is 323 g/mol. The van der Waals surface area contributed by atoms with Gasteiger partial charge in [0.1, 0.15) is 0 Å². The zero-order valence-corrected chi connectivity index (χ0v) is 14.2. The SMILES string of the molecule is CCCCCCCCCC(=O)c1sc2ccccc2c1Cl. The molecule has 1 nitrogen and oxygen atoms in total. The maximum atomic E-state index is 12.3. The van der Waals surface area contributed by atoms with Gasteiger partial charge in [-0.2, -0.15) is 0 Å². The molecule has 0 unspecified atom stereocenters. The van der Waals surface area contributed by atoms with E-state index in [1.807, 2.05) is 24.3 Å². The van der Waals surface area contributed by atoms with Crippen LogP contribution in [0.3, 0.4) is 0 Å². The maximum absolute atomic E-state index is 12.3. The van der Waals surface area contributed by atoms with E-state index in [4.69, 9.17) is 11.6 Å². The first kappa shape index (κ1) is 16.5. The summed E-state index contributed by atoms with van der Waals surface area (Å²) in [5, 5.41) is 1.65. The molecule has 0 amide bonds. The number of thiophene rings is 1. The van der Waals surface area contributed by atoms with E-state index in [9.17, 15) is 4.79 Å². The van der Waals surface area contributed by atoms with Crippen molar-refractivity contribution in [2.75, 3.05) is 0 Å². The normalized spacial score (nSPS) is 11.1. The Morgan fingerprint density at radius 3 is 2.43 bits per heavy atom. The van der Waals surface area contributed by atoms with Gasteiger partial charge >= 0.3 is 0 Å². The van der Waals surface area contributed by atoms with Crippen molar-refractivity contribution in [3.05, 3.63) is 34.2 Å². The van der Waals surface area contributed by atoms with Gasteiger partial charge in [0.05, 0.1) is 9.90 Å². The number of Topliss-reactive ketones (excluding diaryl/α,β-unsaturated/α-hetero) is 1. The second-order valence-electron chi connectivity index (χ2n) is 5.54. The highest BCUT2D eigenvalue weighted by atomic mass is 35.5. The number of carbonyl (C=O) groups is 1. The zero-order chi connectivity index (χ0) is 15.1. The zero-order valence-electron chi connectivity index (χ0n) is 12.7. The summed E-state index contributed by atoms with van der Waals surface area (Å²) in [7, 11) is 0. The van der Waals surface area contributed by atoms with Crippen molar-refractivity contribution in [2.45, 2.75) is 58.3 Å². The first-order chi connectivity index (χ1) is 10.2. The molecule has 2 rings (SSSR count). The summed E-state index contributed by atoms with van der Waals surface area (Å²) in [5.74, 6) is 0.203. The molecule has 0 aliphatic heterocycles. The maximum Gasteiger partial charge on any atom is 0.174 e. The molecule has 0 aliphatic carbocycles. The van der Waals surface area contributed by atoms with Crippen molar-refractivity contribution < 1.29 is 4.79 Å². The van der Waals surface area contributed by atoms with Crippen LogP contribution in [0.5, 0.6) is 0 Å². The van der Waals surface area contributed by atoms with Gasteiger partial charge < -0.3 is 0 Å². The summed E-state index contributed by atoms with van der Waals surface area (Å²) in [6, 6.07) is 7.96. The van der Waals surface area contributed by atoms with Crippen molar-refractivity contribution >= 4 is 38.8 Å². The minimum atomic E-state index is 0.203. The predicted molar refractivity (Wildman–Crippen MR) is 93.8 cm³/mol. The number of halogens is 1. The topological polar surface area (TPSA) is 17.1 Å². The molecule has 21 heavy (non-hydrogen) atoms. The van der Waals surface area contributed by atoms with Gasteiger partial charge in [-0.3, -0.25) is 4.79 Å². The highest BCUT2D eigenvalue weighted by Crippen LogP contribution is 2.36. The van der Waals surface area contributed by atoms with Crippen molar-refractivity contribution in [1.82, 2.24) is 0 Å². The molecule has 2 aromatic rings. The third-order valence-corrected chi connectivity index (χ3v) is 5.51. The smallest absolute Gasteiger partial charge is 0.174 e. The summed E-state index contributed by atoms with van der Waals surface area (Å²) in [6.45, 7) is 2.23. The van der Waals surface area contributed by atoms with E-state index in [0.717, 1.165) is 27.8 Å². The van der Waals surface area contributed by atoms with Crippen LogP contribution in [-0.2, 0) is 0 Å². The minimum Gasteiger partial charge on any atom is -0.293 e. The molecular formula is C18H23ClOS. The Morgan fingerprint density at radius 1 is 1.05 bits per heavy atom. The molecule has 0 saturated carbocycles. The number of hydrogen-bond donors (Lipinski definition) is 0. The van der Waals surface area contributed by atoms with Gasteiger partial charge in [-0.05, 0) is 12.5 Å². The van der Waals surface area contributed by atoms with E-state index in [1.165, 1.54) is 43.4 Å². The van der Waals surface area contributed by atoms with Crippen LogP contribution in [0.1, 0.15) is 68.0 Å². The number of carbonyl (C=O) groups excluding carboxylic acids is 1. The lowest BCUT2D eigenvalue weighted by molar-refractivity contribution is 0.0983. The van der Waals surface area contributed by atoms with E-state index < -0.39 is 0 Å². The van der Waals surface area contributed by atoms with Crippen molar-refractivity contribution in [2.24, 2.45) is 0 Å². The molecule has 0 aliphatic rings. The van der Waals surface area contributed by atoms with Gasteiger partial charge in [0.25, 0.3) is 0 Å². The van der Waals surface area contributed by atoms with Crippen molar-refractivity contribution in [1.29, 1.82) is 0 Å². The Balaban J connectivity index is 1.81. The molecule has 0 saturated heterocycles. The van der Waals surface area contributed by atoms with Gasteiger partial charge in [-0.25, -0.2) is 0 Å². The Hall–Kier alpha value is -0.860. The number of rotatable bonds is 9. The van der Waals surface area contributed by atoms with Crippen LogP contribution in [0.2, 0.25) is 5.02 Å². The quantitative estimate of drug-likeness (QED) is 0.363. The van der Waals surface area contributed by atoms with Crippen LogP contribution in [0.25, 0.3) is 10.1 Å². The van der Waals surface area contributed by atoms with Gasteiger partial charge in [0.2, 0.25) is 0 Å². The third kappa shape index (κ3) is 4.55. The Bertz CT molecular complexity index is 588. The second kappa shape index (κ2) is 8.55. The summed E-state index contributed by atoms with van der Waals surface area (Å²) in [5.41, 5.74) is 0. The Morgan fingerprint density at radius 2 is 1.71 bits per heavy atom. The molecule has 1 heterocycles.